The Morgan fingerprint density at radius 3 is 0.681 bits per heavy atom. The van der Waals surface area contributed by atoms with Gasteiger partial charge in [0.1, 0.15) is 19.3 Å². The maximum absolute atomic E-state index is 13.0. The van der Waals surface area contributed by atoms with Crippen LogP contribution in [-0.2, 0) is 65.4 Å². The summed E-state index contributed by atoms with van der Waals surface area (Å²) < 4.78 is 68.3. The molecule has 0 aliphatic carbocycles. The first-order valence-corrected chi connectivity index (χ1v) is 40.2. The summed E-state index contributed by atoms with van der Waals surface area (Å²) in [6.45, 7) is 14.1. The molecule has 0 heterocycles. The van der Waals surface area contributed by atoms with E-state index in [2.05, 4.69) is 55.4 Å². The van der Waals surface area contributed by atoms with Crippen LogP contribution >= 0.6 is 15.6 Å². The molecule has 0 rings (SSSR count). The number of ether oxygens (including phenoxy) is 4. The molecule has 0 amide bonds. The number of rotatable bonds is 69. The van der Waals surface area contributed by atoms with Crippen LogP contribution < -0.4 is 0 Å². The number of hydrogen-bond acceptors (Lipinski definition) is 15. The van der Waals surface area contributed by atoms with Crippen LogP contribution in [0.2, 0.25) is 0 Å². The molecule has 540 valence electrons. The lowest BCUT2D eigenvalue weighted by Crippen LogP contribution is -2.30. The number of hydrogen-bond donors (Lipinski definition) is 3. The van der Waals surface area contributed by atoms with Crippen molar-refractivity contribution < 1.29 is 80.2 Å². The lowest BCUT2D eigenvalue weighted by atomic mass is 10.0. The molecule has 3 N–H and O–H groups in total. The third-order valence-electron chi connectivity index (χ3n) is 16.6. The molecule has 17 nitrogen and oxygen atoms in total. The van der Waals surface area contributed by atoms with E-state index in [1.54, 1.807) is 0 Å². The first-order valence-electron chi connectivity index (χ1n) is 37.2. The fraction of sp³-hybridized carbons (Fsp3) is 0.944. The zero-order chi connectivity index (χ0) is 67.5. The standard InChI is InChI=1S/C72H140O17P2/c1-62(2)48-40-32-24-19-15-11-9-10-12-17-21-27-38-46-54-71(76)88-67(58-82-69(74)52-44-36-29-23-26-34-42-50-64(5)6)60-86-90(78,79)84-56-66(73)57-85-91(80,81)87-61-68(59-83-70(75)53-45-37-31-30-35-43-51-65(7)8)89-72(77)55-47-39-28-22-18-14-13-16-20-25-33-41-49-63(3)4/h62-68,73H,9-61H2,1-8H3,(H,78,79)(H,80,81)/t66-,67-,68-/m1/s1. The summed E-state index contributed by atoms with van der Waals surface area (Å²) in [7, 11) is -9.90. The van der Waals surface area contributed by atoms with Crippen LogP contribution in [0.15, 0.2) is 0 Å². The molecule has 0 spiro atoms. The molecule has 2 unspecified atom stereocenters. The molecular weight excluding hydrogens is 1200 g/mol. The molecule has 0 radical (unpaired) electrons. The van der Waals surface area contributed by atoms with Crippen molar-refractivity contribution in [3.63, 3.8) is 0 Å². The maximum atomic E-state index is 13.0. The third-order valence-corrected chi connectivity index (χ3v) is 18.5. The second-order valence-electron chi connectivity index (χ2n) is 27.9. The van der Waals surface area contributed by atoms with Gasteiger partial charge in [0.05, 0.1) is 26.4 Å². The summed E-state index contributed by atoms with van der Waals surface area (Å²) in [6, 6.07) is 0. The molecule has 0 bridgehead atoms. The van der Waals surface area contributed by atoms with Crippen LogP contribution in [0.25, 0.3) is 0 Å². The Morgan fingerprint density at radius 1 is 0.275 bits per heavy atom. The monoisotopic (exact) mass is 1340 g/mol. The van der Waals surface area contributed by atoms with E-state index in [0.29, 0.717) is 37.5 Å². The van der Waals surface area contributed by atoms with Gasteiger partial charge in [-0.2, -0.15) is 0 Å². The van der Waals surface area contributed by atoms with E-state index in [1.807, 2.05) is 0 Å². The highest BCUT2D eigenvalue weighted by atomic mass is 31.2. The largest absolute Gasteiger partial charge is 0.472 e. The second-order valence-corrected chi connectivity index (χ2v) is 30.8. The van der Waals surface area contributed by atoms with E-state index < -0.39 is 97.5 Å². The van der Waals surface area contributed by atoms with Crippen molar-refractivity contribution in [3.05, 3.63) is 0 Å². The van der Waals surface area contributed by atoms with Gasteiger partial charge in [-0.1, -0.05) is 306 Å². The zero-order valence-corrected chi connectivity index (χ0v) is 61.3. The first-order chi connectivity index (χ1) is 43.6. The van der Waals surface area contributed by atoms with Crippen molar-refractivity contribution >= 4 is 39.5 Å². The number of phosphoric ester groups is 2. The zero-order valence-electron chi connectivity index (χ0n) is 59.5. The Labute approximate surface area is 556 Å². The van der Waals surface area contributed by atoms with E-state index in [-0.39, 0.29) is 25.7 Å². The van der Waals surface area contributed by atoms with Gasteiger partial charge in [0.2, 0.25) is 0 Å². The Bertz CT molecular complexity index is 1800. The van der Waals surface area contributed by atoms with Crippen LogP contribution in [0, 0.1) is 23.7 Å². The minimum atomic E-state index is -4.95. The van der Waals surface area contributed by atoms with Crippen molar-refractivity contribution in [1.29, 1.82) is 0 Å². The van der Waals surface area contributed by atoms with E-state index in [0.717, 1.165) is 115 Å². The molecule has 0 fully saturated rings. The Kier molecular flexibility index (Phi) is 60.3. The molecule has 0 saturated carbocycles. The third kappa shape index (κ3) is 66.5. The molecule has 19 heteroatoms. The molecule has 0 aromatic rings. The normalized spacial score (nSPS) is 14.2. The number of unbranched alkanes of at least 4 members (excludes halogenated alkanes) is 35. The molecule has 0 aliphatic heterocycles. The van der Waals surface area contributed by atoms with Gasteiger partial charge in [-0.05, 0) is 49.4 Å². The molecule has 0 aromatic heterocycles. The molecule has 0 aromatic carbocycles. The van der Waals surface area contributed by atoms with Crippen molar-refractivity contribution in [2.24, 2.45) is 23.7 Å². The van der Waals surface area contributed by atoms with Crippen LogP contribution in [-0.4, -0.2) is 96.7 Å². The van der Waals surface area contributed by atoms with Crippen molar-refractivity contribution in [2.75, 3.05) is 39.6 Å². The number of carbonyl (C=O) groups is 4. The van der Waals surface area contributed by atoms with Gasteiger partial charge in [-0.25, -0.2) is 9.13 Å². The average Bonchev–Trinajstić information content (AvgIpc) is 2.82. The fourth-order valence-corrected chi connectivity index (χ4v) is 12.4. The number of aliphatic hydroxyl groups excluding tert-OH is 1. The van der Waals surface area contributed by atoms with Gasteiger partial charge in [0.15, 0.2) is 12.2 Å². The average molecular weight is 1340 g/mol. The summed E-state index contributed by atoms with van der Waals surface area (Å²) in [5.41, 5.74) is 0. The minimum Gasteiger partial charge on any atom is -0.462 e. The van der Waals surface area contributed by atoms with Crippen molar-refractivity contribution in [2.45, 2.75) is 375 Å². The summed E-state index contributed by atoms with van der Waals surface area (Å²) in [5.74, 6) is 0.827. The summed E-state index contributed by atoms with van der Waals surface area (Å²) >= 11 is 0. The first kappa shape index (κ1) is 89.1. The van der Waals surface area contributed by atoms with Crippen molar-refractivity contribution in [3.8, 4) is 0 Å². The van der Waals surface area contributed by atoms with E-state index in [9.17, 15) is 43.2 Å². The van der Waals surface area contributed by atoms with E-state index in [1.165, 1.54) is 148 Å². The smallest absolute Gasteiger partial charge is 0.462 e. The van der Waals surface area contributed by atoms with Crippen LogP contribution in [0.5, 0.6) is 0 Å². The van der Waals surface area contributed by atoms with Crippen LogP contribution in [0.1, 0.15) is 357 Å². The van der Waals surface area contributed by atoms with Gasteiger partial charge >= 0.3 is 39.5 Å². The van der Waals surface area contributed by atoms with Crippen LogP contribution in [0.4, 0.5) is 0 Å². The molecule has 5 atom stereocenters. The van der Waals surface area contributed by atoms with Crippen LogP contribution in [0.3, 0.4) is 0 Å². The highest BCUT2D eigenvalue weighted by molar-refractivity contribution is 7.47. The highest BCUT2D eigenvalue weighted by Crippen LogP contribution is 2.45. The summed E-state index contributed by atoms with van der Waals surface area (Å²) in [4.78, 5) is 72.6. The number of aliphatic hydroxyl groups is 1. The number of phosphoric acid groups is 2. The molecular formula is C72H140O17P2. The fourth-order valence-electron chi connectivity index (χ4n) is 10.8. The lowest BCUT2D eigenvalue weighted by molar-refractivity contribution is -0.161. The Hall–Kier alpha value is -1.94. The predicted molar refractivity (Wildman–Crippen MR) is 367 cm³/mol. The van der Waals surface area contributed by atoms with E-state index >= 15 is 0 Å². The topological polar surface area (TPSA) is 237 Å². The quantitative estimate of drug-likeness (QED) is 0.0222. The molecule has 91 heavy (non-hydrogen) atoms. The Morgan fingerprint density at radius 2 is 0.462 bits per heavy atom. The molecule has 0 saturated heterocycles. The SMILES string of the molecule is CC(C)CCCCCCCCCCCCCCCCC(=O)O[C@H](COC(=O)CCCCCCCCCC(C)C)COP(=O)(O)OC[C@@H](O)COP(=O)(O)OC[C@@H](COC(=O)CCCCCCCCC(C)C)OC(=O)CCCCCCCCCCCCCCC(C)C. The summed E-state index contributed by atoms with van der Waals surface area (Å²) in [5, 5.41) is 10.6. The lowest BCUT2D eigenvalue weighted by Gasteiger charge is -2.21. The number of esters is 4. The summed E-state index contributed by atoms with van der Waals surface area (Å²) in [6.07, 6.45) is 44.7. The second kappa shape index (κ2) is 61.6. The highest BCUT2D eigenvalue weighted by Gasteiger charge is 2.30. The van der Waals surface area contributed by atoms with Gasteiger partial charge in [0.25, 0.3) is 0 Å². The number of carbonyl (C=O) groups excluding carboxylic acids is 4. The van der Waals surface area contributed by atoms with Gasteiger partial charge in [-0.3, -0.25) is 37.3 Å². The minimum absolute atomic E-state index is 0.105. The van der Waals surface area contributed by atoms with Gasteiger partial charge < -0.3 is 33.8 Å². The predicted octanol–water partition coefficient (Wildman–Crippen LogP) is 20.5. The van der Waals surface area contributed by atoms with Gasteiger partial charge in [0, 0.05) is 25.7 Å². The van der Waals surface area contributed by atoms with E-state index in [4.69, 9.17) is 37.0 Å². The Balaban J connectivity index is 5.21. The molecule has 0 aliphatic rings. The van der Waals surface area contributed by atoms with Crippen molar-refractivity contribution in [1.82, 2.24) is 0 Å². The van der Waals surface area contributed by atoms with Gasteiger partial charge in [-0.15, -0.1) is 0 Å². The maximum Gasteiger partial charge on any atom is 0.472 e.